The second-order valence-corrected chi connectivity index (χ2v) is 8.03. The number of methoxy groups -OCH3 is 1. The van der Waals surface area contributed by atoms with Gasteiger partial charge in [0.15, 0.2) is 11.6 Å². The highest BCUT2D eigenvalue weighted by Crippen LogP contribution is 2.33. The summed E-state index contributed by atoms with van der Waals surface area (Å²) in [7, 11) is 3.43. The van der Waals surface area contributed by atoms with E-state index in [2.05, 4.69) is 29.3 Å². The van der Waals surface area contributed by atoms with Crippen LogP contribution in [0, 0.1) is 11.7 Å². The molecule has 30 heavy (non-hydrogen) atoms. The summed E-state index contributed by atoms with van der Waals surface area (Å²) in [6, 6.07) is 5.33. The summed E-state index contributed by atoms with van der Waals surface area (Å²) in [6.45, 7) is 3.95. The van der Waals surface area contributed by atoms with E-state index in [1.807, 2.05) is 25.4 Å². The molecule has 1 fully saturated rings. The Balaban J connectivity index is 1.63. The fraction of sp³-hybridized carbons (Fsp3) is 0.375. The van der Waals surface area contributed by atoms with Gasteiger partial charge in [0.2, 0.25) is 0 Å². The van der Waals surface area contributed by atoms with Gasteiger partial charge in [0.1, 0.15) is 0 Å². The average molecular weight is 410 g/mol. The van der Waals surface area contributed by atoms with E-state index in [0.717, 1.165) is 42.9 Å². The SMILES string of the molecule is CNC1CCN(C2=CN3C(=O)C=C(c4ccc(OC)c(F)c4)C(C)CC=C3C=C2)C1. The number of carbonyl (C=O) groups excluding carboxylic acids is 1. The molecule has 5 nitrogen and oxygen atoms in total. The monoisotopic (exact) mass is 409 g/mol. The number of halogens is 1. The van der Waals surface area contributed by atoms with E-state index in [1.165, 1.54) is 13.2 Å². The smallest absolute Gasteiger partial charge is 0.255 e. The molecule has 0 spiro atoms. The normalized spacial score (nSPS) is 24.0. The summed E-state index contributed by atoms with van der Waals surface area (Å²) in [5, 5.41) is 3.32. The Morgan fingerprint density at radius 3 is 2.73 bits per heavy atom. The Hall–Kier alpha value is -2.86. The standard InChI is InChI=1S/C24H28FN3O2/c1-16-4-6-19-7-8-20(27-11-10-18(14-27)26-2)15-28(19)24(29)13-21(16)17-5-9-23(30-3)22(25)12-17/h5-9,12-13,15-16,18,26H,4,10-11,14H2,1-3H3. The Morgan fingerprint density at radius 2 is 2.03 bits per heavy atom. The summed E-state index contributed by atoms with van der Waals surface area (Å²) < 4.78 is 19.3. The van der Waals surface area contributed by atoms with Crippen LogP contribution in [0.5, 0.6) is 5.75 Å². The van der Waals surface area contributed by atoms with E-state index in [0.29, 0.717) is 11.6 Å². The minimum atomic E-state index is -0.426. The fourth-order valence-electron chi connectivity index (χ4n) is 4.26. The summed E-state index contributed by atoms with van der Waals surface area (Å²) >= 11 is 0. The summed E-state index contributed by atoms with van der Waals surface area (Å²) in [5.74, 6) is -0.258. The van der Waals surface area contributed by atoms with Gasteiger partial charge in [0, 0.05) is 37.1 Å². The van der Waals surface area contributed by atoms with Crippen molar-refractivity contribution in [2.75, 3.05) is 27.2 Å². The van der Waals surface area contributed by atoms with Gasteiger partial charge in [-0.3, -0.25) is 9.69 Å². The molecule has 2 unspecified atom stereocenters. The van der Waals surface area contributed by atoms with Crippen LogP contribution in [-0.4, -0.2) is 49.0 Å². The third kappa shape index (κ3) is 3.92. The van der Waals surface area contributed by atoms with Gasteiger partial charge in [0.05, 0.1) is 12.8 Å². The Labute approximate surface area is 177 Å². The molecule has 4 rings (SSSR count). The Kier molecular flexibility index (Phi) is 5.77. The molecule has 1 saturated heterocycles. The zero-order valence-corrected chi connectivity index (χ0v) is 17.7. The first kappa shape index (κ1) is 20.4. The van der Waals surface area contributed by atoms with Crippen LogP contribution in [0.3, 0.4) is 0 Å². The predicted octanol–water partition coefficient (Wildman–Crippen LogP) is 3.67. The van der Waals surface area contributed by atoms with Gasteiger partial charge in [-0.25, -0.2) is 4.39 Å². The average Bonchev–Trinajstić information content (AvgIpc) is 3.24. The molecule has 1 aromatic carbocycles. The molecule has 1 amide bonds. The van der Waals surface area contributed by atoms with E-state index in [-0.39, 0.29) is 17.6 Å². The lowest BCUT2D eigenvalue weighted by Gasteiger charge is -2.30. The maximum Gasteiger partial charge on any atom is 0.255 e. The lowest BCUT2D eigenvalue weighted by atomic mass is 9.89. The zero-order valence-electron chi connectivity index (χ0n) is 17.7. The minimum Gasteiger partial charge on any atom is -0.494 e. The van der Waals surface area contributed by atoms with Gasteiger partial charge in [0.25, 0.3) is 5.91 Å². The summed E-state index contributed by atoms with van der Waals surface area (Å²) in [4.78, 5) is 17.2. The second kappa shape index (κ2) is 8.48. The van der Waals surface area contributed by atoms with Gasteiger partial charge in [-0.2, -0.15) is 0 Å². The van der Waals surface area contributed by atoms with E-state index >= 15 is 0 Å². The van der Waals surface area contributed by atoms with Crippen LogP contribution >= 0.6 is 0 Å². The van der Waals surface area contributed by atoms with Crippen molar-refractivity contribution in [1.82, 2.24) is 15.1 Å². The lowest BCUT2D eigenvalue weighted by molar-refractivity contribution is -0.122. The van der Waals surface area contributed by atoms with Crippen LogP contribution in [-0.2, 0) is 4.79 Å². The van der Waals surface area contributed by atoms with E-state index in [4.69, 9.17) is 4.74 Å². The highest BCUT2D eigenvalue weighted by molar-refractivity contribution is 5.98. The first-order valence-corrected chi connectivity index (χ1v) is 10.4. The number of hydrogen-bond donors (Lipinski definition) is 1. The first-order valence-electron chi connectivity index (χ1n) is 10.4. The van der Waals surface area contributed by atoms with Crippen LogP contribution in [0.25, 0.3) is 5.57 Å². The van der Waals surface area contributed by atoms with Gasteiger partial charge >= 0.3 is 0 Å². The Morgan fingerprint density at radius 1 is 1.23 bits per heavy atom. The number of rotatable bonds is 4. The molecule has 0 aliphatic carbocycles. The van der Waals surface area contributed by atoms with E-state index in [9.17, 15) is 9.18 Å². The number of hydrogen-bond acceptors (Lipinski definition) is 4. The fourth-order valence-corrected chi connectivity index (χ4v) is 4.26. The van der Waals surface area contributed by atoms with Gasteiger partial charge in [-0.05, 0) is 61.2 Å². The molecule has 1 N–H and O–H groups in total. The third-order valence-corrected chi connectivity index (χ3v) is 6.14. The van der Waals surface area contributed by atoms with Crippen LogP contribution in [0.2, 0.25) is 0 Å². The Bertz CT molecular complexity index is 963. The van der Waals surface area contributed by atoms with Crippen molar-refractivity contribution in [3.63, 3.8) is 0 Å². The third-order valence-electron chi connectivity index (χ3n) is 6.14. The largest absolute Gasteiger partial charge is 0.494 e. The molecule has 3 heterocycles. The number of nitrogens with one attached hydrogen (secondary N) is 1. The quantitative estimate of drug-likeness (QED) is 0.824. The molecule has 0 radical (unpaired) electrons. The number of benzene rings is 1. The highest BCUT2D eigenvalue weighted by atomic mass is 19.1. The summed E-state index contributed by atoms with van der Waals surface area (Å²) in [6.07, 6.45) is 11.6. The van der Waals surface area contributed by atoms with Crippen molar-refractivity contribution in [1.29, 1.82) is 0 Å². The van der Waals surface area contributed by atoms with Crippen LogP contribution in [0.15, 0.2) is 60.1 Å². The molecule has 0 aromatic heterocycles. The predicted molar refractivity (Wildman–Crippen MR) is 116 cm³/mol. The number of likely N-dealkylation sites (N-methyl/N-ethyl adjacent to an activating group) is 1. The van der Waals surface area contributed by atoms with Crippen molar-refractivity contribution in [2.45, 2.75) is 25.8 Å². The molecular weight excluding hydrogens is 381 g/mol. The van der Waals surface area contributed by atoms with Gasteiger partial charge < -0.3 is 15.0 Å². The number of allylic oxidation sites excluding steroid dienone is 4. The van der Waals surface area contributed by atoms with E-state index < -0.39 is 5.82 Å². The van der Waals surface area contributed by atoms with E-state index in [1.54, 1.807) is 17.0 Å². The van der Waals surface area contributed by atoms with Crippen molar-refractivity contribution < 1.29 is 13.9 Å². The second-order valence-electron chi connectivity index (χ2n) is 8.03. The number of likely N-dealkylation sites (tertiary alicyclic amines) is 1. The topological polar surface area (TPSA) is 44.8 Å². The zero-order chi connectivity index (χ0) is 21.3. The number of amides is 1. The van der Waals surface area contributed by atoms with Crippen LogP contribution in [0.4, 0.5) is 4.39 Å². The van der Waals surface area contributed by atoms with Crippen LogP contribution in [0.1, 0.15) is 25.3 Å². The molecule has 0 bridgehead atoms. The maximum absolute atomic E-state index is 14.3. The first-order chi connectivity index (χ1) is 14.5. The summed E-state index contributed by atoms with van der Waals surface area (Å²) in [5.41, 5.74) is 3.46. The van der Waals surface area contributed by atoms with Crippen molar-refractivity contribution in [3.05, 3.63) is 71.5 Å². The van der Waals surface area contributed by atoms with Crippen molar-refractivity contribution >= 4 is 11.5 Å². The number of fused-ring (bicyclic) bond motifs is 1. The number of nitrogens with zero attached hydrogens (tertiary/aromatic N) is 2. The molecular formula is C24H28FN3O2. The highest BCUT2D eigenvalue weighted by Gasteiger charge is 2.27. The van der Waals surface area contributed by atoms with Gasteiger partial charge in [-0.1, -0.05) is 19.1 Å². The van der Waals surface area contributed by atoms with Crippen molar-refractivity contribution in [2.24, 2.45) is 5.92 Å². The molecule has 2 atom stereocenters. The molecule has 1 aromatic rings. The molecule has 3 aliphatic rings. The van der Waals surface area contributed by atoms with Gasteiger partial charge in [-0.15, -0.1) is 0 Å². The molecule has 3 aliphatic heterocycles. The lowest BCUT2D eigenvalue weighted by Crippen LogP contribution is -2.32. The molecule has 6 heteroatoms. The number of ether oxygens (including phenoxy) is 1. The maximum atomic E-state index is 14.3. The van der Waals surface area contributed by atoms with Crippen LogP contribution < -0.4 is 10.1 Å². The van der Waals surface area contributed by atoms with Crippen molar-refractivity contribution in [3.8, 4) is 5.75 Å². The molecule has 158 valence electrons. The number of carbonyl (C=O) groups is 1. The molecule has 0 saturated carbocycles. The minimum absolute atomic E-state index is 0.0881.